The first-order valence-electron chi connectivity index (χ1n) is 6.90. The number of oxazole rings is 1. The molecule has 0 fully saturated rings. The molecule has 7 heteroatoms. The Kier molecular flexibility index (Phi) is 4.78. The number of aromatic amines is 1. The highest BCUT2D eigenvalue weighted by atomic mass is 19.4. The average molecular weight is 325 g/mol. The maximum Gasteiger partial charge on any atom is 0.573 e. The second-order valence-electron chi connectivity index (χ2n) is 4.30. The zero-order valence-electron chi connectivity index (χ0n) is 12.4. The molecular formula is C16H14F3NO3. The van der Waals surface area contributed by atoms with Crippen LogP contribution in [0.2, 0.25) is 0 Å². The van der Waals surface area contributed by atoms with Crippen LogP contribution in [-0.2, 0) is 0 Å². The van der Waals surface area contributed by atoms with E-state index in [4.69, 9.17) is 4.42 Å². The van der Waals surface area contributed by atoms with Gasteiger partial charge in [-0.25, -0.2) is 4.79 Å². The Morgan fingerprint density at radius 2 is 1.61 bits per heavy atom. The maximum atomic E-state index is 12.1. The Bertz CT molecular complexity index is 832. The van der Waals surface area contributed by atoms with Gasteiger partial charge in [-0.1, -0.05) is 32.0 Å². The van der Waals surface area contributed by atoms with Crippen molar-refractivity contribution in [3.63, 3.8) is 0 Å². The average Bonchev–Trinajstić information content (AvgIpc) is 2.87. The summed E-state index contributed by atoms with van der Waals surface area (Å²) >= 11 is 0. The number of halogens is 3. The van der Waals surface area contributed by atoms with E-state index in [0.29, 0.717) is 16.7 Å². The van der Waals surface area contributed by atoms with Gasteiger partial charge in [0.25, 0.3) is 0 Å². The SMILES string of the molecule is CC.O=c1[nH]c2cc(-c3ccc(OC(F)(F)F)cc3)ccc2o1. The Morgan fingerprint density at radius 1 is 1.00 bits per heavy atom. The number of hydrogen-bond donors (Lipinski definition) is 1. The summed E-state index contributed by atoms with van der Waals surface area (Å²) in [6, 6.07) is 10.5. The van der Waals surface area contributed by atoms with E-state index < -0.39 is 12.1 Å². The summed E-state index contributed by atoms with van der Waals surface area (Å²) in [6.07, 6.45) is -4.71. The van der Waals surface area contributed by atoms with Gasteiger partial charge in [0.15, 0.2) is 5.58 Å². The maximum absolute atomic E-state index is 12.1. The first-order valence-corrected chi connectivity index (χ1v) is 6.90. The van der Waals surface area contributed by atoms with E-state index in [0.717, 1.165) is 5.56 Å². The molecule has 1 aromatic heterocycles. The first-order chi connectivity index (χ1) is 10.9. The van der Waals surface area contributed by atoms with Gasteiger partial charge >= 0.3 is 12.1 Å². The van der Waals surface area contributed by atoms with Crippen LogP contribution in [0.4, 0.5) is 13.2 Å². The third kappa shape index (κ3) is 4.15. The summed E-state index contributed by atoms with van der Waals surface area (Å²) in [6.45, 7) is 4.00. The lowest BCUT2D eigenvalue weighted by molar-refractivity contribution is -0.274. The second kappa shape index (κ2) is 6.60. The molecule has 0 amide bonds. The van der Waals surface area contributed by atoms with Crippen molar-refractivity contribution in [2.75, 3.05) is 0 Å². The molecule has 0 spiro atoms. The topological polar surface area (TPSA) is 55.2 Å². The summed E-state index contributed by atoms with van der Waals surface area (Å²) in [7, 11) is 0. The third-order valence-corrected chi connectivity index (χ3v) is 2.84. The van der Waals surface area contributed by atoms with Crippen LogP contribution in [-0.4, -0.2) is 11.3 Å². The highest BCUT2D eigenvalue weighted by molar-refractivity contribution is 5.80. The van der Waals surface area contributed by atoms with E-state index in [1.807, 2.05) is 13.8 Å². The summed E-state index contributed by atoms with van der Waals surface area (Å²) < 4.78 is 44.9. The normalized spacial score (nSPS) is 11.0. The fourth-order valence-corrected chi connectivity index (χ4v) is 1.98. The smallest absolute Gasteiger partial charge is 0.408 e. The van der Waals surface area contributed by atoms with Gasteiger partial charge in [0, 0.05) is 0 Å². The largest absolute Gasteiger partial charge is 0.573 e. The standard InChI is InChI=1S/C14H8F3NO3.C2H6/c15-14(16,17)21-10-4-1-8(2-5-10)9-3-6-12-11(7-9)18-13(19)20-12;1-2/h1-7H,(H,18,19);1-2H3. The minimum absolute atomic E-state index is 0.288. The van der Waals surface area contributed by atoms with Crippen LogP contribution >= 0.6 is 0 Å². The van der Waals surface area contributed by atoms with Crippen LogP contribution in [0, 0.1) is 0 Å². The van der Waals surface area contributed by atoms with Gasteiger partial charge in [-0.3, -0.25) is 4.98 Å². The van der Waals surface area contributed by atoms with Crippen LogP contribution in [0.5, 0.6) is 5.75 Å². The summed E-state index contributed by atoms with van der Waals surface area (Å²) in [4.78, 5) is 13.6. The van der Waals surface area contributed by atoms with Crippen molar-refractivity contribution in [1.29, 1.82) is 0 Å². The fraction of sp³-hybridized carbons (Fsp3) is 0.188. The molecule has 1 heterocycles. The molecule has 0 saturated carbocycles. The molecule has 0 aliphatic carbocycles. The Morgan fingerprint density at radius 3 is 2.22 bits per heavy atom. The number of benzene rings is 2. The fourth-order valence-electron chi connectivity index (χ4n) is 1.98. The summed E-state index contributed by atoms with van der Waals surface area (Å²) in [5.74, 6) is -0.847. The van der Waals surface area contributed by atoms with Crippen molar-refractivity contribution >= 4 is 11.1 Å². The first kappa shape index (κ1) is 16.7. The van der Waals surface area contributed by atoms with Crippen molar-refractivity contribution in [2.24, 2.45) is 0 Å². The number of H-pyrrole nitrogens is 1. The number of aromatic nitrogens is 1. The van der Waals surface area contributed by atoms with Crippen molar-refractivity contribution in [2.45, 2.75) is 20.2 Å². The lowest BCUT2D eigenvalue weighted by Crippen LogP contribution is -2.16. The molecule has 0 atom stereocenters. The summed E-state index contributed by atoms with van der Waals surface area (Å²) in [5, 5.41) is 0. The van der Waals surface area contributed by atoms with E-state index in [9.17, 15) is 18.0 Å². The molecule has 0 saturated heterocycles. The number of nitrogens with one attached hydrogen (secondary N) is 1. The monoisotopic (exact) mass is 325 g/mol. The van der Waals surface area contributed by atoms with Crippen LogP contribution in [0.15, 0.2) is 51.7 Å². The number of fused-ring (bicyclic) bond motifs is 1. The highest BCUT2D eigenvalue weighted by Crippen LogP contribution is 2.27. The Balaban J connectivity index is 0.000000924. The summed E-state index contributed by atoms with van der Waals surface area (Å²) in [5.41, 5.74) is 2.36. The lowest BCUT2D eigenvalue weighted by Gasteiger charge is -2.09. The third-order valence-electron chi connectivity index (χ3n) is 2.84. The second-order valence-corrected chi connectivity index (χ2v) is 4.30. The van der Waals surface area contributed by atoms with Gasteiger partial charge in [0.1, 0.15) is 5.75 Å². The van der Waals surface area contributed by atoms with Gasteiger partial charge < -0.3 is 9.15 Å². The molecule has 3 aromatic rings. The molecule has 1 N–H and O–H groups in total. The quantitative estimate of drug-likeness (QED) is 0.742. The van der Waals surface area contributed by atoms with E-state index in [-0.39, 0.29) is 5.75 Å². The van der Waals surface area contributed by atoms with E-state index in [2.05, 4.69) is 9.72 Å². The molecule has 0 aliphatic rings. The molecule has 2 aromatic carbocycles. The number of alkyl halides is 3. The molecule has 0 bridgehead atoms. The molecule has 0 radical (unpaired) electrons. The van der Waals surface area contributed by atoms with Crippen LogP contribution in [0.25, 0.3) is 22.2 Å². The van der Waals surface area contributed by atoms with Gasteiger partial charge in [-0.2, -0.15) is 0 Å². The van der Waals surface area contributed by atoms with Crippen LogP contribution in [0.1, 0.15) is 13.8 Å². The zero-order chi connectivity index (χ0) is 17.0. The molecule has 4 nitrogen and oxygen atoms in total. The molecule has 23 heavy (non-hydrogen) atoms. The lowest BCUT2D eigenvalue weighted by atomic mass is 10.1. The predicted molar refractivity (Wildman–Crippen MR) is 80.3 cm³/mol. The van der Waals surface area contributed by atoms with Crippen molar-refractivity contribution in [1.82, 2.24) is 4.98 Å². The van der Waals surface area contributed by atoms with Gasteiger partial charge in [-0.15, -0.1) is 13.2 Å². The van der Waals surface area contributed by atoms with E-state index >= 15 is 0 Å². The van der Waals surface area contributed by atoms with Crippen LogP contribution in [0.3, 0.4) is 0 Å². The molecule has 0 aliphatic heterocycles. The molecular weight excluding hydrogens is 311 g/mol. The van der Waals surface area contributed by atoms with Gasteiger partial charge in [0.05, 0.1) is 5.52 Å². The van der Waals surface area contributed by atoms with Gasteiger partial charge in [0.2, 0.25) is 0 Å². The van der Waals surface area contributed by atoms with Crippen molar-refractivity contribution in [3.8, 4) is 16.9 Å². The van der Waals surface area contributed by atoms with Gasteiger partial charge in [-0.05, 0) is 35.4 Å². The van der Waals surface area contributed by atoms with Crippen LogP contribution < -0.4 is 10.5 Å². The number of ether oxygens (including phenoxy) is 1. The minimum Gasteiger partial charge on any atom is -0.408 e. The Labute approximate surface area is 129 Å². The predicted octanol–water partition coefficient (Wildman–Crippen LogP) is 4.71. The van der Waals surface area contributed by atoms with Crippen molar-refractivity contribution in [3.05, 3.63) is 53.0 Å². The van der Waals surface area contributed by atoms with Crippen molar-refractivity contribution < 1.29 is 22.3 Å². The number of rotatable bonds is 2. The minimum atomic E-state index is -4.71. The highest BCUT2D eigenvalue weighted by Gasteiger charge is 2.30. The number of hydrogen-bond acceptors (Lipinski definition) is 3. The molecule has 0 unspecified atom stereocenters. The zero-order valence-corrected chi connectivity index (χ0v) is 12.4. The van der Waals surface area contributed by atoms with E-state index in [1.54, 1.807) is 18.2 Å². The molecule has 3 rings (SSSR count). The molecule has 122 valence electrons. The Hall–Kier alpha value is -2.70. The van der Waals surface area contributed by atoms with E-state index in [1.165, 1.54) is 24.3 Å².